The molecule has 0 spiro atoms. The highest BCUT2D eigenvalue weighted by molar-refractivity contribution is 7.91. The van der Waals surface area contributed by atoms with Gasteiger partial charge in [-0.2, -0.15) is 4.31 Å². The molecular formula is C13H18N2O5S2. The summed E-state index contributed by atoms with van der Waals surface area (Å²) < 4.78 is 49.5. The number of sulfone groups is 1. The van der Waals surface area contributed by atoms with E-state index < -0.39 is 19.9 Å². The quantitative estimate of drug-likeness (QED) is 0.765. The third-order valence-electron chi connectivity index (χ3n) is 3.56. The van der Waals surface area contributed by atoms with Crippen molar-refractivity contribution in [1.82, 2.24) is 9.21 Å². The zero-order chi connectivity index (χ0) is 16.5. The molecule has 1 aromatic carbocycles. The topological polar surface area (TPSA) is 91.8 Å². The van der Waals surface area contributed by atoms with Crippen LogP contribution in [0.1, 0.15) is 6.92 Å². The molecule has 0 radical (unpaired) electrons. The highest BCUT2D eigenvalue weighted by Crippen LogP contribution is 2.20. The van der Waals surface area contributed by atoms with Crippen LogP contribution in [0.2, 0.25) is 0 Å². The smallest absolute Gasteiger partial charge is 0.243 e. The van der Waals surface area contributed by atoms with E-state index >= 15 is 0 Å². The molecule has 1 saturated heterocycles. The van der Waals surface area contributed by atoms with Gasteiger partial charge in [0, 0.05) is 39.4 Å². The van der Waals surface area contributed by atoms with E-state index in [1.807, 2.05) is 0 Å². The first-order chi connectivity index (χ1) is 10.1. The minimum atomic E-state index is -3.76. The summed E-state index contributed by atoms with van der Waals surface area (Å²) in [6, 6.07) is 5.32. The van der Waals surface area contributed by atoms with Crippen molar-refractivity contribution in [1.29, 1.82) is 0 Å². The second-order valence-electron chi connectivity index (χ2n) is 5.16. The predicted molar refractivity (Wildman–Crippen MR) is 80.6 cm³/mol. The summed E-state index contributed by atoms with van der Waals surface area (Å²) in [5, 5.41) is 0. The van der Waals surface area contributed by atoms with Crippen LogP contribution in [-0.2, 0) is 24.7 Å². The molecule has 1 aromatic rings. The number of hydrogen-bond donors (Lipinski definition) is 0. The molecule has 9 heteroatoms. The van der Waals surface area contributed by atoms with Gasteiger partial charge in [0.25, 0.3) is 0 Å². The number of piperazine rings is 1. The molecule has 2 rings (SSSR count). The van der Waals surface area contributed by atoms with Crippen LogP contribution in [0.25, 0.3) is 0 Å². The van der Waals surface area contributed by atoms with Crippen LogP contribution in [0, 0.1) is 0 Å². The highest BCUT2D eigenvalue weighted by atomic mass is 32.2. The van der Waals surface area contributed by atoms with Crippen molar-refractivity contribution in [3.05, 3.63) is 24.3 Å². The van der Waals surface area contributed by atoms with Gasteiger partial charge in [0.15, 0.2) is 9.84 Å². The van der Waals surface area contributed by atoms with Crippen LogP contribution >= 0.6 is 0 Å². The molecule has 0 atom stereocenters. The van der Waals surface area contributed by atoms with E-state index in [1.54, 1.807) is 4.90 Å². The fourth-order valence-electron chi connectivity index (χ4n) is 2.26. The minimum absolute atomic E-state index is 0.0315. The number of carbonyl (C=O) groups is 1. The van der Waals surface area contributed by atoms with Crippen LogP contribution in [0.5, 0.6) is 0 Å². The molecule has 1 aliphatic heterocycles. The first-order valence-electron chi connectivity index (χ1n) is 6.68. The van der Waals surface area contributed by atoms with E-state index in [9.17, 15) is 21.6 Å². The Morgan fingerprint density at radius 3 is 2.05 bits per heavy atom. The van der Waals surface area contributed by atoms with Gasteiger partial charge in [-0.05, 0) is 18.2 Å². The Hall–Kier alpha value is -1.45. The van der Waals surface area contributed by atoms with Crippen molar-refractivity contribution in [2.45, 2.75) is 16.7 Å². The van der Waals surface area contributed by atoms with Gasteiger partial charge in [-0.25, -0.2) is 16.8 Å². The first-order valence-corrected chi connectivity index (χ1v) is 10.0. The molecule has 1 aliphatic rings. The molecule has 0 N–H and O–H groups in total. The van der Waals surface area contributed by atoms with E-state index in [-0.39, 0.29) is 28.8 Å². The lowest BCUT2D eigenvalue weighted by Crippen LogP contribution is -2.49. The monoisotopic (exact) mass is 346 g/mol. The van der Waals surface area contributed by atoms with E-state index in [4.69, 9.17) is 0 Å². The largest absolute Gasteiger partial charge is 0.340 e. The Balaban J connectivity index is 2.27. The Kier molecular flexibility index (Phi) is 4.59. The molecule has 0 aliphatic carbocycles. The van der Waals surface area contributed by atoms with Gasteiger partial charge in [-0.3, -0.25) is 4.79 Å². The summed E-state index contributed by atoms with van der Waals surface area (Å²) in [5.74, 6) is -0.0869. The van der Waals surface area contributed by atoms with Gasteiger partial charge >= 0.3 is 0 Å². The summed E-state index contributed by atoms with van der Waals surface area (Å²) in [4.78, 5) is 12.8. The summed E-state index contributed by atoms with van der Waals surface area (Å²) >= 11 is 0. The molecule has 1 fully saturated rings. The first kappa shape index (κ1) is 16.9. The van der Waals surface area contributed by atoms with Crippen molar-refractivity contribution in [2.75, 3.05) is 32.4 Å². The van der Waals surface area contributed by atoms with Gasteiger partial charge < -0.3 is 4.90 Å². The SMILES string of the molecule is CC(=O)N1CCN(S(=O)(=O)c2cccc(S(C)(=O)=O)c2)CC1. The molecule has 0 unspecified atom stereocenters. The lowest BCUT2D eigenvalue weighted by atomic mass is 10.3. The van der Waals surface area contributed by atoms with Gasteiger partial charge in [-0.1, -0.05) is 6.07 Å². The second kappa shape index (κ2) is 5.98. The number of nitrogens with zero attached hydrogens (tertiary/aromatic N) is 2. The molecule has 0 saturated carbocycles. The van der Waals surface area contributed by atoms with Crippen LogP contribution < -0.4 is 0 Å². The zero-order valence-corrected chi connectivity index (χ0v) is 14.0. The zero-order valence-electron chi connectivity index (χ0n) is 12.4. The maximum atomic E-state index is 12.6. The van der Waals surface area contributed by atoms with E-state index in [2.05, 4.69) is 0 Å². The summed E-state index contributed by atoms with van der Waals surface area (Å²) in [5.41, 5.74) is 0. The maximum absolute atomic E-state index is 12.6. The average molecular weight is 346 g/mol. The average Bonchev–Trinajstić information content (AvgIpc) is 2.46. The van der Waals surface area contributed by atoms with Gasteiger partial charge in [-0.15, -0.1) is 0 Å². The van der Waals surface area contributed by atoms with Crippen molar-refractivity contribution >= 4 is 25.8 Å². The van der Waals surface area contributed by atoms with Crippen molar-refractivity contribution in [3.63, 3.8) is 0 Å². The van der Waals surface area contributed by atoms with Gasteiger partial charge in [0.1, 0.15) is 0 Å². The number of sulfonamides is 1. The summed E-state index contributed by atoms with van der Waals surface area (Å²) in [6.45, 7) is 2.51. The standard InChI is InChI=1S/C13H18N2O5S2/c1-11(16)14-6-8-15(9-7-14)22(19,20)13-5-3-4-12(10-13)21(2,17)18/h3-5,10H,6-9H2,1-2H3. The minimum Gasteiger partial charge on any atom is -0.340 e. The van der Waals surface area contributed by atoms with Gasteiger partial charge in [0.05, 0.1) is 9.79 Å². The molecule has 0 aromatic heterocycles. The highest BCUT2D eigenvalue weighted by Gasteiger charge is 2.29. The summed E-state index contributed by atoms with van der Waals surface area (Å²) in [6.07, 6.45) is 1.03. The number of benzene rings is 1. The van der Waals surface area contributed by atoms with Crippen LogP contribution in [-0.4, -0.2) is 64.4 Å². The lowest BCUT2D eigenvalue weighted by molar-refractivity contribution is -0.129. The fraction of sp³-hybridized carbons (Fsp3) is 0.462. The van der Waals surface area contributed by atoms with Crippen LogP contribution in [0.15, 0.2) is 34.1 Å². The lowest BCUT2D eigenvalue weighted by Gasteiger charge is -2.33. The van der Waals surface area contributed by atoms with Crippen molar-refractivity contribution in [3.8, 4) is 0 Å². The van der Waals surface area contributed by atoms with E-state index in [0.29, 0.717) is 13.1 Å². The third-order valence-corrected chi connectivity index (χ3v) is 6.56. The molecule has 0 bridgehead atoms. The van der Waals surface area contributed by atoms with Crippen molar-refractivity contribution in [2.24, 2.45) is 0 Å². The maximum Gasteiger partial charge on any atom is 0.243 e. The van der Waals surface area contributed by atoms with Gasteiger partial charge in [0.2, 0.25) is 15.9 Å². The van der Waals surface area contributed by atoms with E-state index in [0.717, 1.165) is 6.26 Å². The normalized spacial score (nSPS) is 17.5. The number of rotatable bonds is 3. The number of carbonyl (C=O) groups excluding carboxylic acids is 1. The molecule has 122 valence electrons. The molecule has 1 amide bonds. The van der Waals surface area contributed by atoms with Crippen molar-refractivity contribution < 1.29 is 21.6 Å². The predicted octanol–water partition coefficient (Wildman–Crippen LogP) is -0.0571. The van der Waals surface area contributed by atoms with Crippen LogP contribution in [0.4, 0.5) is 0 Å². The molecule has 22 heavy (non-hydrogen) atoms. The fourth-order valence-corrected chi connectivity index (χ4v) is 4.47. The summed E-state index contributed by atoms with van der Waals surface area (Å²) in [7, 11) is -7.24. The molecule has 7 nitrogen and oxygen atoms in total. The molecular weight excluding hydrogens is 328 g/mol. The number of hydrogen-bond acceptors (Lipinski definition) is 5. The van der Waals surface area contributed by atoms with E-state index in [1.165, 1.54) is 35.5 Å². The molecule has 1 heterocycles. The Morgan fingerprint density at radius 2 is 1.55 bits per heavy atom. The Bertz CT molecular complexity index is 778. The second-order valence-corrected chi connectivity index (χ2v) is 9.11. The Labute approximate surface area is 130 Å². The third kappa shape index (κ3) is 3.47. The Morgan fingerprint density at radius 1 is 1.00 bits per heavy atom. The number of amides is 1. The van der Waals surface area contributed by atoms with Crippen LogP contribution in [0.3, 0.4) is 0 Å².